The molecule has 10 heteroatoms. The van der Waals surface area contributed by atoms with Gasteiger partial charge in [-0.25, -0.2) is 9.97 Å². The number of halogens is 2. The minimum absolute atomic E-state index is 0.246. The number of pyridine rings is 3. The van der Waals surface area contributed by atoms with Crippen LogP contribution in [0.2, 0.25) is 0 Å². The summed E-state index contributed by atoms with van der Waals surface area (Å²) in [7, 11) is 1.83. The van der Waals surface area contributed by atoms with E-state index in [1.54, 1.807) is 16.9 Å². The minimum atomic E-state index is -2.99. The van der Waals surface area contributed by atoms with E-state index in [1.807, 2.05) is 44.4 Å². The number of aryl methyl sites for hydroxylation is 1. The molecule has 1 aromatic carbocycles. The van der Waals surface area contributed by atoms with Crippen molar-refractivity contribution in [2.45, 2.75) is 13.5 Å². The highest BCUT2D eigenvalue weighted by molar-refractivity contribution is 5.93. The van der Waals surface area contributed by atoms with Crippen molar-refractivity contribution in [3.63, 3.8) is 0 Å². The Morgan fingerprint density at radius 2 is 1.85 bits per heavy atom. The molecule has 0 aliphatic heterocycles. The van der Waals surface area contributed by atoms with E-state index in [2.05, 4.69) is 19.8 Å². The maximum atomic E-state index is 13.7. The molecule has 4 heterocycles. The zero-order chi connectivity index (χ0) is 23.8. The molecule has 0 saturated heterocycles. The van der Waals surface area contributed by atoms with Crippen molar-refractivity contribution in [2.24, 2.45) is 7.05 Å². The number of rotatable bonds is 6. The van der Waals surface area contributed by atoms with Gasteiger partial charge in [0, 0.05) is 59.8 Å². The van der Waals surface area contributed by atoms with Crippen LogP contribution in [-0.4, -0.2) is 37.5 Å². The number of hydrogen-bond donors (Lipinski definition) is 0. The van der Waals surface area contributed by atoms with Gasteiger partial charge in [0.1, 0.15) is 0 Å². The second-order valence-corrected chi connectivity index (χ2v) is 7.51. The van der Waals surface area contributed by atoms with Gasteiger partial charge in [0.25, 0.3) is 5.56 Å². The molecule has 34 heavy (non-hydrogen) atoms. The molecule has 5 aromatic rings. The predicted molar refractivity (Wildman–Crippen MR) is 123 cm³/mol. The van der Waals surface area contributed by atoms with Gasteiger partial charge in [0.2, 0.25) is 11.8 Å². The SMILES string of the molecule is CCOc1ccc2cn(-c3ccc4nn(C)cc4c3)c(=O)c(-c3ccc(OC(F)F)nc3)c2n1. The van der Waals surface area contributed by atoms with E-state index in [9.17, 15) is 13.6 Å². The Hall–Kier alpha value is -4.34. The minimum Gasteiger partial charge on any atom is -0.478 e. The van der Waals surface area contributed by atoms with Gasteiger partial charge in [-0.15, -0.1) is 0 Å². The molecule has 0 N–H and O–H groups in total. The Morgan fingerprint density at radius 1 is 1.03 bits per heavy atom. The van der Waals surface area contributed by atoms with E-state index < -0.39 is 6.61 Å². The molecule has 0 radical (unpaired) electrons. The van der Waals surface area contributed by atoms with E-state index in [1.165, 1.54) is 22.9 Å². The number of nitrogens with zero attached hydrogens (tertiary/aromatic N) is 5. The molecule has 0 spiro atoms. The van der Waals surface area contributed by atoms with Crippen LogP contribution < -0.4 is 15.0 Å². The topological polar surface area (TPSA) is 84.1 Å². The summed E-state index contributed by atoms with van der Waals surface area (Å²) < 4.78 is 38.2. The maximum absolute atomic E-state index is 13.7. The summed E-state index contributed by atoms with van der Waals surface area (Å²) in [6, 6.07) is 11.9. The van der Waals surface area contributed by atoms with E-state index in [0.29, 0.717) is 34.6 Å². The van der Waals surface area contributed by atoms with Crippen LogP contribution in [0.25, 0.3) is 38.6 Å². The van der Waals surface area contributed by atoms with Crippen LogP contribution in [0, 0.1) is 0 Å². The lowest BCUT2D eigenvalue weighted by atomic mass is 10.1. The zero-order valence-electron chi connectivity index (χ0n) is 18.3. The summed E-state index contributed by atoms with van der Waals surface area (Å²) >= 11 is 0. The van der Waals surface area contributed by atoms with Gasteiger partial charge < -0.3 is 9.47 Å². The lowest BCUT2D eigenvalue weighted by Crippen LogP contribution is -2.20. The Kier molecular flexibility index (Phi) is 5.40. The summed E-state index contributed by atoms with van der Waals surface area (Å²) in [5, 5.41) is 5.95. The standard InChI is InChI=1S/C24H19F2N5O3/c1-3-33-20-9-5-15-13-31(17-6-7-18-16(10-17)12-30(2)29-18)23(32)21(22(15)28-20)14-4-8-19(27-11-14)34-24(25)26/h4-13,24H,3H2,1-2H3. The number of hydrogen-bond acceptors (Lipinski definition) is 6. The van der Waals surface area contributed by atoms with Crippen molar-refractivity contribution in [1.29, 1.82) is 0 Å². The first kappa shape index (κ1) is 21.5. The number of fused-ring (bicyclic) bond motifs is 2. The molecule has 5 rings (SSSR count). The first-order valence-corrected chi connectivity index (χ1v) is 10.5. The first-order chi connectivity index (χ1) is 16.4. The fourth-order valence-electron chi connectivity index (χ4n) is 3.83. The van der Waals surface area contributed by atoms with Crippen molar-refractivity contribution in [1.82, 2.24) is 24.3 Å². The molecular formula is C24H19F2N5O3. The van der Waals surface area contributed by atoms with Gasteiger partial charge in [-0.3, -0.25) is 14.0 Å². The van der Waals surface area contributed by atoms with Crippen molar-refractivity contribution < 1.29 is 18.3 Å². The third-order valence-corrected chi connectivity index (χ3v) is 5.25. The number of benzene rings is 1. The fraction of sp³-hybridized carbons (Fsp3) is 0.167. The van der Waals surface area contributed by atoms with Gasteiger partial charge >= 0.3 is 6.61 Å². The largest absolute Gasteiger partial charge is 0.478 e. The lowest BCUT2D eigenvalue weighted by molar-refractivity contribution is -0.0528. The van der Waals surface area contributed by atoms with E-state index >= 15 is 0 Å². The maximum Gasteiger partial charge on any atom is 0.388 e. The highest BCUT2D eigenvalue weighted by Crippen LogP contribution is 2.28. The lowest BCUT2D eigenvalue weighted by Gasteiger charge is -2.13. The quantitative estimate of drug-likeness (QED) is 0.373. The fourth-order valence-corrected chi connectivity index (χ4v) is 3.83. The van der Waals surface area contributed by atoms with Gasteiger partial charge in [-0.05, 0) is 37.3 Å². The van der Waals surface area contributed by atoms with Crippen LogP contribution in [0.1, 0.15) is 6.92 Å². The second-order valence-electron chi connectivity index (χ2n) is 7.51. The molecule has 0 bridgehead atoms. The van der Waals surface area contributed by atoms with Crippen LogP contribution in [0.15, 0.2) is 65.8 Å². The Balaban J connectivity index is 1.74. The monoisotopic (exact) mass is 463 g/mol. The molecule has 0 aliphatic rings. The summed E-state index contributed by atoms with van der Waals surface area (Å²) in [5.74, 6) is 0.125. The van der Waals surface area contributed by atoms with Crippen LogP contribution in [-0.2, 0) is 7.05 Å². The molecule has 0 atom stereocenters. The molecule has 8 nitrogen and oxygen atoms in total. The van der Waals surface area contributed by atoms with Gasteiger partial charge in [0.15, 0.2) is 0 Å². The van der Waals surface area contributed by atoms with Crippen LogP contribution in [0.5, 0.6) is 11.8 Å². The summed E-state index contributed by atoms with van der Waals surface area (Å²) in [6.07, 6.45) is 4.90. The third kappa shape index (κ3) is 3.94. The average molecular weight is 463 g/mol. The van der Waals surface area contributed by atoms with Crippen LogP contribution >= 0.6 is 0 Å². The molecule has 0 unspecified atom stereocenters. The van der Waals surface area contributed by atoms with Crippen molar-refractivity contribution >= 4 is 21.8 Å². The van der Waals surface area contributed by atoms with Crippen LogP contribution in [0.3, 0.4) is 0 Å². The molecule has 172 valence electrons. The van der Waals surface area contributed by atoms with Gasteiger partial charge in [-0.2, -0.15) is 13.9 Å². The summed E-state index contributed by atoms with van der Waals surface area (Å²) in [4.78, 5) is 22.2. The van der Waals surface area contributed by atoms with E-state index in [-0.39, 0.29) is 17.0 Å². The van der Waals surface area contributed by atoms with Gasteiger partial charge in [0.05, 0.1) is 23.2 Å². The predicted octanol–water partition coefficient (Wildman–Crippen LogP) is 4.33. The molecule has 4 aromatic heterocycles. The van der Waals surface area contributed by atoms with Crippen molar-refractivity contribution in [2.75, 3.05) is 6.61 Å². The molecule has 0 aliphatic carbocycles. The second kappa shape index (κ2) is 8.54. The Labute approximate surface area is 192 Å². The first-order valence-electron chi connectivity index (χ1n) is 10.5. The van der Waals surface area contributed by atoms with Crippen molar-refractivity contribution in [3.8, 4) is 28.6 Å². The van der Waals surface area contributed by atoms with E-state index in [0.717, 1.165) is 10.9 Å². The summed E-state index contributed by atoms with van der Waals surface area (Å²) in [6.45, 7) is -0.742. The van der Waals surface area contributed by atoms with E-state index in [4.69, 9.17) is 4.74 Å². The van der Waals surface area contributed by atoms with Crippen molar-refractivity contribution in [3.05, 3.63) is 71.4 Å². The molecule has 0 fully saturated rings. The van der Waals surface area contributed by atoms with Crippen LogP contribution in [0.4, 0.5) is 8.78 Å². The number of aromatic nitrogens is 5. The number of ether oxygens (including phenoxy) is 2. The third-order valence-electron chi connectivity index (χ3n) is 5.25. The molecule has 0 amide bonds. The zero-order valence-corrected chi connectivity index (χ0v) is 18.3. The highest BCUT2D eigenvalue weighted by Gasteiger charge is 2.17. The van der Waals surface area contributed by atoms with Gasteiger partial charge in [-0.1, -0.05) is 0 Å². The summed E-state index contributed by atoms with van der Waals surface area (Å²) in [5.41, 5.74) is 2.20. The number of alkyl halides is 2. The Morgan fingerprint density at radius 3 is 2.59 bits per heavy atom. The smallest absolute Gasteiger partial charge is 0.388 e. The molecular weight excluding hydrogens is 444 g/mol. The highest BCUT2D eigenvalue weighted by atomic mass is 19.3. The normalized spacial score (nSPS) is 11.4. The average Bonchev–Trinajstić information content (AvgIpc) is 3.18. The molecule has 0 saturated carbocycles. The Bertz CT molecular complexity index is 1560.